The molecule has 4 rings (SSSR count). The Labute approximate surface area is 186 Å². The van der Waals surface area contributed by atoms with Crippen molar-refractivity contribution in [1.29, 1.82) is 0 Å². The lowest BCUT2D eigenvalue weighted by atomic mass is 10.0. The molecule has 1 aromatic carbocycles. The molecule has 0 radical (unpaired) electrons. The Morgan fingerprint density at radius 2 is 1.72 bits per heavy atom. The number of nitrogens with zero attached hydrogens (tertiary/aromatic N) is 3. The number of amides is 2. The summed E-state index contributed by atoms with van der Waals surface area (Å²) in [6.45, 7) is 2.65. The fraction of sp³-hybridized carbons (Fsp3) is 0.478. The molecule has 3 heterocycles. The van der Waals surface area contributed by atoms with Gasteiger partial charge in [-0.05, 0) is 43.9 Å². The average molecular weight is 441 g/mol. The zero-order valence-electron chi connectivity index (χ0n) is 18.0. The van der Waals surface area contributed by atoms with Crippen LogP contribution in [0.3, 0.4) is 0 Å². The van der Waals surface area contributed by atoms with Crippen molar-refractivity contribution in [1.82, 2.24) is 10.2 Å². The molecule has 2 amide bonds. The Bertz CT molecular complexity index is 959. The van der Waals surface area contributed by atoms with Crippen molar-refractivity contribution >= 4 is 23.2 Å². The van der Waals surface area contributed by atoms with Gasteiger partial charge in [-0.15, -0.1) is 0 Å². The number of anilines is 1. The zero-order valence-corrected chi connectivity index (χ0v) is 18.0. The molecule has 2 fully saturated rings. The highest BCUT2D eigenvalue weighted by molar-refractivity contribution is 5.96. The van der Waals surface area contributed by atoms with Gasteiger partial charge < -0.3 is 19.5 Å². The van der Waals surface area contributed by atoms with Gasteiger partial charge in [0.05, 0.1) is 16.7 Å². The number of nitrogens with one attached hydrogen (secondary N) is 1. The summed E-state index contributed by atoms with van der Waals surface area (Å²) in [4.78, 5) is 40.3. The van der Waals surface area contributed by atoms with Crippen LogP contribution < -0.4 is 10.2 Å². The third-order valence-corrected chi connectivity index (χ3v) is 6.27. The van der Waals surface area contributed by atoms with Crippen LogP contribution in [0, 0.1) is 10.1 Å². The van der Waals surface area contributed by atoms with Gasteiger partial charge in [0.15, 0.2) is 0 Å². The van der Waals surface area contributed by atoms with Crippen LogP contribution in [0.1, 0.15) is 59.2 Å². The number of likely N-dealkylation sites (tertiary alicyclic amines) is 1. The van der Waals surface area contributed by atoms with E-state index in [1.165, 1.54) is 18.6 Å². The molecule has 1 N–H and O–H groups in total. The first-order valence-corrected chi connectivity index (χ1v) is 11.2. The van der Waals surface area contributed by atoms with Gasteiger partial charge in [-0.25, -0.2) is 0 Å². The minimum Gasteiger partial charge on any atom is -0.472 e. The molecule has 9 heteroatoms. The molecule has 2 aliphatic heterocycles. The molecular weight excluding hydrogens is 412 g/mol. The summed E-state index contributed by atoms with van der Waals surface area (Å²) in [5.41, 5.74) is 1.36. The maximum Gasteiger partial charge on any atom is 0.293 e. The monoisotopic (exact) mass is 440 g/mol. The summed E-state index contributed by atoms with van der Waals surface area (Å²) in [6.07, 6.45) is 8.46. The van der Waals surface area contributed by atoms with Crippen molar-refractivity contribution in [2.24, 2.45) is 0 Å². The van der Waals surface area contributed by atoms with Crippen molar-refractivity contribution in [3.63, 3.8) is 0 Å². The van der Waals surface area contributed by atoms with Crippen molar-refractivity contribution in [3.05, 3.63) is 58.0 Å². The molecule has 1 aromatic heterocycles. The van der Waals surface area contributed by atoms with Gasteiger partial charge in [0, 0.05) is 43.9 Å². The largest absolute Gasteiger partial charge is 0.472 e. The maximum atomic E-state index is 12.8. The summed E-state index contributed by atoms with van der Waals surface area (Å²) < 4.78 is 4.97. The molecule has 170 valence electrons. The number of furan rings is 1. The van der Waals surface area contributed by atoms with Crippen LogP contribution in [0.15, 0.2) is 41.2 Å². The van der Waals surface area contributed by atoms with E-state index in [0.717, 1.165) is 38.8 Å². The standard InChI is InChI=1S/C23H28N4O5/c28-22(24-19-7-12-26(13-8-19)23(29)18-9-14-32-16-18)17-5-6-20(21(15-17)27(30)31)25-10-3-1-2-4-11-25/h5-6,9,14-16,19H,1-4,7-8,10-13H2,(H,24,28). The summed E-state index contributed by atoms with van der Waals surface area (Å²) >= 11 is 0. The fourth-order valence-corrected chi connectivity index (χ4v) is 4.45. The lowest BCUT2D eigenvalue weighted by Gasteiger charge is -2.32. The van der Waals surface area contributed by atoms with Crippen LogP contribution in [0.2, 0.25) is 0 Å². The number of carbonyl (C=O) groups is 2. The van der Waals surface area contributed by atoms with Gasteiger partial charge in [-0.3, -0.25) is 19.7 Å². The Kier molecular flexibility index (Phi) is 6.72. The minimum atomic E-state index is -0.406. The number of hydrogen-bond acceptors (Lipinski definition) is 6. The summed E-state index contributed by atoms with van der Waals surface area (Å²) in [5.74, 6) is -0.404. The first kappa shape index (κ1) is 21.9. The molecule has 32 heavy (non-hydrogen) atoms. The lowest BCUT2D eigenvalue weighted by molar-refractivity contribution is -0.384. The van der Waals surface area contributed by atoms with E-state index in [0.29, 0.717) is 37.2 Å². The molecule has 2 aliphatic rings. The van der Waals surface area contributed by atoms with Gasteiger partial charge in [-0.2, -0.15) is 0 Å². The molecule has 0 bridgehead atoms. The Morgan fingerprint density at radius 1 is 1.00 bits per heavy atom. The van der Waals surface area contributed by atoms with Crippen LogP contribution in [0.25, 0.3) is 0 Å². The number of nitro benzene ring substituents is 1. The Balaban J connectivity index is 1.38. The average Bonchev–Trinajstić information content (AvgIpc) is 3.21. The first-order chi connectivity index (χ1) is 15.5. The quantitative estimate of drug-likeness (QED) is 0.562. The Hall–Kier alpha value is -3.36. The number of hydrogen-bond donors (Lipinski definition) is 1. The van der Waals surface area contributed by atoms with Crippen LogP contribution in [-0.4, -0.2) is 53.9 Å². The third-order valence-electron chi connectivity index (χ3n) is 6.27. The van der Waals surface area contributed by atoms with Crippen molar-refractivity contribution in [2.75, 3.05) is 31.1 Å². The number of carbonyl (C=O) groups excluding carboxylic acids is 2. The van der Waals surface area contributed by atoms with Crippen molar-refractivity contribution < 1.29 is 18.9 Å². The zero-order chi connectivity index (χ0) is 22.5. The van der Waals surface area contributed by atoms with Crippen LogP contribution in [0.5, 0.6) is 0 Å². The van der Waals surface area contributed by atoms with Gasteiger partial charge in [0.2, 0.25) is 0 Å². The number of nitro groups is 1. The highest BCUT2D eigenvalue weighted by Crippen LogP contribution is 2.31. The molecule has 9 nitrogen and oxygen atoms in total. The molecule has 0 spiro atoms. The van der Waals surface area contributed by atoms with E-state index in [9.17, 15) is 19.7 Å². The normalized spacial score (nSPS) is 17.6. The molecule has 0 saturated carbocycles. The van der Waals surface area contributed by atoms with Crippen LogP contribution in [-0.2, 0) is 0 Å². The number of benzene rings is 1. The first-order valence-electron chi connectivity index (χ1n) is 11.2. The van der Waals surface area contributed by atoms with E-state index in [-0.39, 0.29) is 29.1 Å². The molecule has 0 aliphatic carbocycles. The third kappa shape index (κ3) is 4.92. The van der Waals surface area contributed by atoms with E-state index in [1.807, 2.05) is 0 Å². The maximum absolute atomic E-state index is 12.8. The second-order valence-corrected chi connectivity index (χ2v) is 8.41. The summed E-state index contributed by atoms with van der Waals surface area (Å²) in [5, 5.41) is 14.7. The van der Waals surface area contributed by atoms with Gasteiger partial charge in [-0.1, -0.05) is 12.8 Å². The SMILES string of the molecule is O=C(NC1CCN(C(=O)c2ccoc2)CC1)c1ccc(N2CCCCCC2)c([N+](=O)[O-])c1. The van der Waals surface area contributed by atoms with Crippen molar-refractivity contribution in [3.8, 4) is 0 Å². The lowest BCUT2D eigenvalue weighted by Crippen LogP contribution is -2.46. The highest BCUT2D eigenvalue weighted by Gasteiger charge is 2.27. The van der Waals surface area contributed by atoms with Gasteiger partial charge >= 0.3 is 0 Å². The second kappa shape index (κ2) is 9.84. The van der Waals surface area contributed by atoms with E-state index in [1.54, 1.807) is 23.1 Å². The van der Waals surface area contributed by atoms with E-state index in [2.05, 4.69) is 10.2 Å². The smallest absolute Gasteiger partial charge is 0.293 e. The predicted molar refractivity (Wildman–Crippen MR) is 119 cm³/mol. The minimum absolute atomic E-state index is 0.0277. The number of rotatable bonds is 5. The molecule has 2 saturated heterocycles. The summed E-state index contributed by atoms with van der Waals surface area (Å²) in [7, 11) is 0. The van der Waals surface area contributed by atoms with E-state index < -0.39 is 4.92 Å². The molecule has 0 atom stereocenters. The number of piperidine rings is 1. The van der Waals surface area contributed by atoms with Gasteiger partial charge in [0.1, 0.15) is 12.0 Å². The van der Waals surface area contributed by atoms with Gasteiger partial charge in [0.25, 0.3) is 17.5 Å². The molecule has 0 unspecified atom stereocenters. The van der Waals surface area contributed by atoms with E-state index >= 15 is 0 Å². The van der Waals surface area contributed by atoms with Crippen LogP contribution in [0.4, 0.5) is 11.4 Å². The summed E-state index contributed by atoms with van der Waals surface area (Å²) in [6, 6.07) is 6.30. The predicted octanol–water partition coefficient (Wildman–Crippen LogP) is 3.60. The molecule has 2 aromatic rings. The van der Waals surface area contributed by atoms with Crippen LogP contribution >= 0.6 is 0 Å². The molecular formula is C23H28N4O5. The topological polar surface area (TPSA) is 109 Å². The second-order valence-electron chi connectivity index (χ2n) is 8.41. The highest BCUT2D eigenvalue weighted by atomic mass is 16.6. The fourth-order valence-electron chi connectivity index (χ4n) is 4.45. The van der Waals surface area contributed by atoms with E-state index in [4.69, 9.17) is 4.42 Å². The Morgan fingerprint density at radius 3 is 2.34 bits per heavy atom. The van der Waals surface area contributed by atoms with Crippen molar-refractivity contribution in [2.45, 2.75) is 44.6 Å².